The highest BCUT2D eigenvalue weighted by Gasteiger charge is 2.25. The number of hydrogen-bond acceptors (Lipinski definition) is 3. The van der Waals surface area contributed by atoms with E-state index < -0.39 is 0 Å². The first-order valence-corrected chi connectivity index (χ1v) is 9.26. The molecule has 0 atom stereocenters. The largest absolute Gasteiger partial charge is 0.450 e. The van der Waals surface area contributed by atoms with Crippen LogP contribution >= 0.6 is 0 Å². The minimum Gasteiger partial charge on any atom is -0.450 e. The lowest BCUT2D eigenvalue weighted by molar-refractivity contribution is -0.121. The number of ether oxygens (including phenoxy) is 1. The quantitative estimate of drug-likeness (QED) is 0.883. The van der Waals surface area contributed by atoms with Crippen molar-refractivity contribution < 1.29 is 14.3 Å². The highest BCUT2D eigenvalue weighted by Crippen LogP contribution is 2.24. The summed E-state index contributed by atoms with van der Waals surface area (Å²) < 4.78 is 5.03. The molecule has 1 aliphatic rings. The Kier molecular flexibility index (Phi) is 5.49. The summed E-state index contributed by atoms with van der Waals surface area (Å²) in [6.07, 6.45) is 1.63. The number of carbonyl (C=O) groups excluding carboxylic acids is 2. The standard InChI is InChI=1S/C20H27N3O3/c1-4-26-20(25)23-9-7-15(8-10-23)22-19(24)12-16-14(3)21-18-6-5-13(2)11-17(16)18/h5-6,11,15,21H,4,7-10,12H2,1-3H3,(H,22,24). The van der Waals surface area contributed by atoms with Gasteiger partial charge in [0.15, 0.2) is 0 Å². The van der Waals surface area contributed by atoms with Gasteiger partial charge in [-0.2, -0.15) is 0 Å². The Bertz CT molecular complexity index is 804. The molecular formula is C20H27N3O3. The number of amides is 2. The van der Waals surface area contributed by atoms with Gasteiger partial charge in [0.2, 0.25) is 5.91 Å². The monoisotopic (exact) mass is 357 g/mol. The fraction of sp³-hybridized carbons (Fsp3) is 0.500. The molecule has 0 unspecified atom stereocenters. The van der Waals surface area contributed by atoms with Gasteiger partial charge in [0, 0.05) is 35.7 Å². The summed E-state index contributed by atoms with van der Waals surface area (Å²) in [5, 5.41) is 4.24. The van der Waals surface area contributed by atoms with Crippen molar-refractivity contribution in [3.8, 4) is 0 Å². The number of nitrogens with zero attached hydrogens (tertiary/aromatic N) is 1. The number of hydrogen-bond donors (Lipinski definition) is 2. The van der Waals surface area contributed by atoms with Crippen LogP contribution in [-0.4, -0.2) is 47.6 Å². The topological polar surface area (TPSA) is 74.4 Å². The maximum atomic E-state index is 12.5. The van der Waals surface area contributed by atoms with Gasteiger partial charge in [0.1, 0.15) is 0 Å². The van der Waals surface area contributed by atoms with Crippen molar-refractivity contribution in [1.29, 1.82) is 0 Å². The number of rotatable bonds is 4. The number of piperidine rings is 1. The summed E-state index contributed by atoms with van der Waals surface area (Å²) >= 11 is 0. The zero-order chi connectivity index (χ0) is 18.7. The molecule has 26 heavy (non-hydrogen) atoms. The van der Waals surface area contributed by atoms with E-state index in [0.717, 1.165) is 35.0 Å². The van der Waals surface area contributed by atoms with Gasteiger partial charge in [-0.3, -0.25) is 4.79 Å². The summed E-state index contributed by atoms with van der Waals surface area (Å²) in [5.41, 5.74) is 4.35. The fourth-order valence-electron chi connectivity index (χ4n) is 3.58. The first kappa shape index (κ1) is 18.3. The second kappa shape index (κ2) is 7.81. The molecular weight excluding hydrogens is 330 g/mol. The van der Waals surface area contributed by atoms with Crippen LogP contribution < -0.4 is 5.32 Å². The van der Waals surface area contributed by atoms with E-state index in [1.807, 2.05) is 6.92 Å². The summed E-state index contributed by atoms with van der Waals surface area (Å²) in [5.74, 6) is 0.0325. The lowest BCUT2D eigenvalue weighted by Gasteiger charge is -2.31. The molecule has 0 saturated carbocycles. The number of benzene rings is 1. The van der Waals surface area contributed by atoms with Crippen LogP contribution in [0.25, 0.3) is 10.9 Å². The molecule has 2 N–H and O–H groups in total. The van der Waals surface area contributed by atoms with Crippen molar-refractivity contribution in [2.24, 2.45) is 0 Å². The molecule has 6 heteroatoms. The Morgan fingerprint density at radius 2 is 2.00 bits per heavy atom. The summed E-state index contributed by atoms with van der Waals surface area (Å²) in [6.45, 7) is 7.50. The molecule has 1 aromatic carbocycles. The molecule has 1 fully saturated rings. The van der Waals surface area contributed by atoms with E-state index in [-0.39, 0.29) is 18.0 Å². The predicted octanol–water partition coefficient (Wildman–Crippen LogP) is 3.06. The number of fused-ring (bicyclic) bond motifs is 1. The average molecular weight is 357 g/mol. The molecule has 140 valence electrons. The van der Waals surface area contributed by atoms with Crippen LogP contribution in [0.15, 0.2) is 18.2 Å². The third-order valence-electron chi connectivity index (χ3n) is 5.00. The van der Waals surface area contributed by atoms with Crippen LogP contribution in [0.2, 0.25) is 0 Å². The van der Waals surface area contributed by atoms with Crippen molar-refractivity contribution >= 4 is 22.9 Å². The van der Waals surface area contributed by atoms with Crippen molar-refractivity contribution in [1.82, 2.24) is 15.2 Å². The summed E-state index contributed by atoms with van der Waals surface area (Å²) in [6, 6.07) is 6.36. The highest BCUT2D eigenvalue weighted by molar-refractivity contribution is 5.90. The Hall–Kier alpha value is -2.50. The van der Waals surface area contributed by atoms with Gasteiger partial charge in [-0.05, 0) is 51.3 Å². The number of aromatic amines is 1. The maximum absolute atomic E-state index is 12.5. The van der Waals surface area contributed by atoms with E-state index in [2.05, 4.69) is 35.4 Å². The van der Waals surface area contributed by atoms with E-state index in [1.54, 1.807) is 11.8 Å². The van der Waals surface area contributed by atoms with Crippen molar-refractivity contribution in [3.63, 3.8) is 0 Å². The zero-order valence-corrected chi connectivity index (χ0v) is 15.7. The average Bonchev–Trinajstić information content (AvgIpc) is 2.91. The molecule has 2 amide bonds. The highest BCUT2D eigenvalue weighted by atomic mass is 16.6. The predicted molar refractivity (Wildman–Crippen MR) is 101 cm³/mol. The third-order valence-corrected chi connectivity index (χ3v) is 5.00. The van der Waals surface area contributed by atoms with Crippen molar-refractivity contribution in [2.45, 2.75) is 46.1 Å². The van der Waals surface area contributed by atoms with E-state index in [4.69, 9.17) is 4.74 Å². The third kappa shape index (κ3) is 4.00. The van der Waals surface area contributed by atoms with E-state index in [1.165, 1.54) is 5.56 Å². The van der Waals surface area contributed by atoms with Gasteiger partial charge in [0.05, 0.1) is 13.0 Å². The normalized spacial score (nSPS) is 15.3. The lowest BCUT2D eigenvalue weighted by Crippen LogP contribution is -2.47. The van der Waals surface area contributed by atoms with Crippen molar-refractivity contribution in [3.05, 3.63) is 35.0 Å². The molecule has 2 heterocycles. The lowest BCUT2D eigenvalue weighted by atomic mass is 10.0. The minimum absolute atomic E-state index is 0.0325. The van der Waals surface area contributed by atoms with Crippen LogP contribution in [0.4, 0.5) is 4.79 Å². The molecule has 1 saturated heterocycles. The Morgan fingerprint density at radius 1 is 1.27 bits per heavy atom. The number of aromatic nitrogens is 1. The molecule has 0 radical (unpaired) electrons. The minimum atomic E-state index is -0.262. The number of likely N-dealkylation sites (tertiary alicyclic amines) is 1. The molecule has 1 aliphatic heterocycles. The molecule has 2 aromatic rings. The van der Waals surface area contributed by atoms with Crippen LogP contribution in [-0.2, 0) is 16.0 Å². The SMILES string of the molecule is CCOC(=O)N1CCC(NC(=O)Cc2c(C)[nH]c3ccc(C)cc23)CC1. The first-order valence-electron chi connectivity index (χ1n) is 9.26. The molecule has 3 rings (SSSR count). The van der Waals surface area contributed by atoms with Crippen LogP contribution in [0.3, 0.4) is 0 Å². The second-order valence-corrected chi connectivity index (χ2v) is 6.98. The summed E-state index contributed by atoms with van der Waals surface area (Å²) in [4.78, 5) is 29.4. The van der Waals surface area contributed by atoms with E-state index in [0.29, 0.717) is 26.1 Å². The molecule has 0 spiro atoms. The van der Waals surface area contributed by atoms with E-state index >= 15 is 0 Å². The molecule has 0 aliphatic carbocycles. The zero-order valence-electron chi connectivity index (χ0n) is 15.7. The van der Waals surface area contributed by atoms with Crippen LogP contribution in [0.1, 0.15) is 36.6 Å². The van der Waals surface area contributed by atoms with Gasteiger partial charge in [-0.25, -0.2) is 4.79 Å². The van der Waals surface area contributed by atoms with Crippen LogP contribution in [0, 0.1) is 13.8 Å². The second-order valence-electron chi connectivity index (χ2n) is 6.98. The Morgan fingerprint density at radius 3 is 2.69 bits per heavy atom. The Balaban J connectivity index is 1.58. The smallest absolute Gasteiger partial charge is 0.409 e. The first-order chi connectivity index (χ1) is 12.5. The Labute approximate surface area is 153 Å². The van der Waals surface area contributed by atoms with Gasteiger partial charge >= 0.3 is 6.09 Å². The molecule has 1 aromatic heterocycles. The maximum Gasteiger partial charge on any atom is 0.409 e. The fourth-order valence-corrected chi connectivity index (χ4v) is 3.58. The number of nitrogens with one attached hydrogen (secondary N) is 2. The van der Waals surface area contributed by atoms with E-state index in [9.17, 15) is 9.59 Å². The van der Waals surface area contributed by atoms with Crippen LogP contribution in [0.5, 0.6) is 0 Å². The van der Waals surface area contributed by atoms with Gasteiger partial charge in [-0.1, -0.05) is 11.6 Å². The molecule has 0 bridgehead atoms. The number of H-pyrrole nitrogens is 1. The number of carbonyl (C=O) groups is 2. The van der Waals surface area contributed by atoms with Gasteiger partial charge in [-0.15, -0.1) is 0 Å². The van der Waals surface area contributed by atoms with Crippen molar-refractivity contribution in [2.75, 3.05) is 19.7 Å². The molecule has 6 nitrogen and oxygen atoms in total. The summed E-state index contributed by atoms with van der Waals surface area (Å²) in [7, 11) is 0. The van der Waals surface area contributed by atoms with Gasteiger partial charge < -0.3 is 19.9 Å². The van der Waals surface area contributed by atoms with Gasteiger partial charge in [0.25, 0.3) is 0 Å². The number of aryl methyl sites for hydroxylation is 2.